The average Bonchev–Trinajstić information content (AvgIpc) is 2.87. The number of benzene rings is 1. The molecule has 1 saturated carbocycles. The van der Waals surface area contributed by atoms with Crippen molar-refractivity contribution in [3.63, 3.8) is 0 Å². The fourth-order valence-electron chi connectivity index (χ4n) is 2.23. The van der Waals surface area contributed by atoms with Gasteiger partial charge in [0, 0.05) is 0 Å². The van der Waals surface area contributed by atoms with Gasteiger partial charge in [0.1, 0.15) is 17.1 Å². The molecule has 1 aromatic carbocycles. The van der Waals surface area contributed by atoms with Crippen LogP contribution in [0.1, 0.15) is 25.7 Å². The molecule has 0 saturated heterocycles. The second-order valence-electron chi connectivity index (χ2n) is 4.69. The van der Waals surface area contributed by atoms with Gasteiger partial charge in [-0.3, -0.25) is 4.79 Å². The number of carbonyl (C=O) groups is 1. The van der Waals surface area contributed by atoms with Crippen molar-refractivity contribution in [2.24, 2.45) is 0 Å². The quantitative estimate of drug-likeness (QED) is 0.904. The summed E-state index contributed by atoms with van der Waals surface area (Å²) in [6.07, 6.45) is 3.27. The molecule has 19 heavy (non-hydrogen) atoms. The first-order valence-corrected chi connectivity index (χ1v) is 6.24. The van der Waals surface area contributed by atoms with E-state index in [0.717, 1.165) is 12.8 Å². The Labute approximate surface area is 111 Å². The number of carbonyl (C=O) groups excluding carboxylic acids is 1. The summed E-state index contributed by atoms with van der Waals surface area (Å²) in [5, 5.41) is 11.9. The number of hydrogen-bond donors (Lipinski definition) is 1. The highest BCUT2D eigenvalue weighted by molar-refractivity contribution is 5.78. The van der Waals surface area contributed by atoms with E-state index in [1.165, 1.54) is 24.3 Å². The highest BCUT2D eigenvalue weighted by Gasteiger charge is 2.35. The Bertz CT molecular complexity index is 487. The number of halogens is 1. The van der Waals surface area contributed by atoms with Gasteiger partial charge in [0.15, 0.2) is 6.61 Å². The minimum Gasteiger partial charge on any atom is -0.484 e. The van der Waals surface area contributed by atoms with Crippen molar-refractivity contribution in [3.8, 4) is 11.8 Å². The average molecular weight is 262 g/mol. The standard InChI is InChI=1S/C14H15FN2O2/c15-11-3-5-12(6-4-11)19-9-13(18)17-14(10-16)7-1-2-8-14/h3-6H,1-2,7-9H2,(H,17,18). The third kappa shape index (κ3) is 3.44. The minimum atomic E-state index is -0.733. The maximum Gasteiger partial charge on any atom is 0.259 e. The first kappa shape index (κ1) is 13.3. The van der Waals surface area contributed by atoms with Crippen LogP contribution in [0, 0.1) is 17.1 Å². The monoisotopic (exact) mass is 262 g/mol. The summed E-state index contributed by atoms with van der Waals surface area (Å²) in [7, 11) is 0. The summed E-state index contributed by atoms with van der Waals surface area (Å²) >= 11 is 0. The van der Waals surface area contributed by atoms with Crippen LogP contribution in [-0.4, -0.2) is 18.1 Å². The summed E-state index contributed by atoms with van der Waals surface area (Å²) in [4.78, 5) is 11.7. The van der Waals surface area contributed by atoms with Gasteiger partial charge in [-0.2, -0.15) is 5.26 Å². The van der Waals surface area contributed by atoms with E-state index < -0.39 is 5.54 Å². The minimum absolute atomic E-state index is 0.172. The largest absolute Gasteiger partial charge is 0.484 e. The van der Waals surface area contributed by atoms with Crippen LogP contribution in [0.5, 0.6) is 5.75 Å². The molecule has 1 fully saturated rings. The summed E-state index contributed by atoms with van der Waals surface area (Å²) in [5.41, 5.74) is -0.733. The number of ether oxygens (including phenoxy) is 1. The molecule has 0 aliphatic heterocycles. The smallest absolute Gasteiger partial charge is 0.259 e. The van der Waals surface area contributed by atoms with E-state index >= 15 is 0 Å². The molecule has 5 heteroatoms. The molecular formula is C14H15FN2O2. The molecule has 1 aliphatic carbocycles. The van der Waals surface area contributed by atoms with E-state index in [9.17, 15) is 9.18 Å². The van der Waals surface area contributed by atoms with Gasteiger partial charge in [0.05, 0.1) is 6.07 Å². The number of nitrogens with one attached hydrogen (secondary N) is 1. The van der Waals surface area contributed by atoms with Crippen molar-refractivity contribution in [1.29, 1.82) is 5.26 Å². The Hall–Kier alpha value is -2.09. The van der Waals surface area contributed by atoms with Crippen molar-refractivity contribution >= 4 is 5.91 Å². The maximum absolute atomic E-state index is 12.7. The summed E-state index contributed by atoms with van der Waals surface area (Å²) in [5.74, 6) is -0.257. The van der Waals surface area contributed by atoms with Gasteiger partial charge in [-0.25, -0.2) is 4.39 Å². The molecular weight excluding hydrogens is 247 g/mol. The highest BCUT2D eigenvalue weighted by Crippen LogP contribution is 2.28. The molecule has 1 amide bonds. The lowest BCUT2D eigenvalue weighted by molar-refractivity contribution is -0.124. The van der Waals surface area contributed by atoms with E-state index in [2.05, 4.69) is 11.4 Å². The molecule has 0 spiro atoms. The van der Waals surface area contributed by atoms with Crippen LogP contribution in [0.2, 0.25) is 0 Å². The fourth-order valence-corrected chi connectivity index (χ4v) is 2.23. The van der Waals surface area contributed by atoms with Crippen LogP contribution in [0.3, 0.4) is 0 Å². The zero-order valence-electron chi connectivity index (χ0n) is 10.5. The van der Waals surface area contributed by atoms with E-state index in [1.807, 2.05) is 0 Å². The molecule has 0 radical (unpaired) electrons. The third-order valence-corrected chi connectivity index (χ3v) is 3.23. The number of amides is 1. The lowest BCUT2D eigenvalue weighted by Crippen LogP contribution is -2.47. The van der Waals surface area contributed by atoms with Crippen molar-refractivity contribution in [3.05, 3.63) is 30.1 Å². The molecule has 0 atom stereocenters. The van der Waals surface area contributed by atoms with Gasteiger partial charge >= 0.3 is 0 Å². The zero-order valence-corrected chi connectivity index (χ0v) is 10.5. The SMILES string of the molecule is N#CC1(NC(=O)COc2ccc(F)cc2)CCCC1. The Morgan fingerprint density at radius 3 is 2.58 bits per heavy atom. The van der Waals surface area contributed by atoms with Crippen LogP contribution < -0.4 is 10.1 Å². The highest BCUT2D eigenvalue weighted by atomic mass is 19.1. The van der Waals surface area contributed by atoms with Crippen LogP contribution in [0.4, 0.5) is 4.39 Å². The third-order valence-electron chi connectivity index (χ3n) is 3.23. The van der Waals surface area contributed by atoms with Crippen molar-refractivity contribution in [2.75, 3.05) is 6.61 Å². The summed E-state index contributed by atoms with van der Waals surface area (Å²) < 4.78 is 17.9. The topological polar surface area (TPSA) is 62.1 Å². The predicted molar refractivity (Wildman–Crippen MR) is 66.8 cm³/mol. The van der Waals surface area contributed by atoms with Gasteiger partial charge in [-0.1, -0.05) is 0 Å². The van der Waals surface area contributed by atoms with Crippen molar-refractivity contribution in [2.45, 2.75) is 31.2 Å². The second kappa shape index (κ2) is 5.70. The number of nitrogens with zero attached hydrogens (tertiary/aromatic N) is 1. The van der Waals surface area contributed by atoms with Gasteiger partial charge in [-0.05, 0) is 49.9 Å². The molecule has 0 aromatic heterocycles. The first-order valence-electron chi connectivity index (χ1n) is 6.24. The van der Waals surface area contributed by atoms with Crippen LogP contribution in [0.15, 0.2) is 24.3 Å². The number of nitriles is 1. The van der Waals surface area contributed by atoms with Crippen LogP contribution in [0.25, 0.3) is 0 Å². The van der Waals surface area contributed by atoms with E-state index in [1.54, 1.807) is 0 Å². The molecule has 1 aliphatic rings. The fraction of sp³-hybridized carbons (Fsp3) is 0.429. The predicted octanol–water partition coefficient (Wildman–Crippen LogP) is 2.16. The van der Waals surface area contributed by atoms with Crippen LogP contribution in [-0.2, 0) is 4.79 Å². The van der Waals surface area contributed by atoms with Crippen molar-refractivity contribution in [1.82, 2.24) is 5.32 Å². The Morgan fingerprint density at radius 2 is 2.00 bits per heavy atom. The van der Waals surface area contributed by atoms with Gasteiger partial charge in [-0.15, -0.1) is 0 Å². The maximum atomic E-state index is 12.7. The number of rotatable bonds is 4. The Kier molecular flexibility index (Phi) is 4.00. The number of hydrogen-bond acceptors (Lipinski definition) is 3. The van der Waals surface area contributed by atoms with Crippen LogP contribution >= 0.6 is 0 Å². The Balaban J connectivity index is 1.85. The molecule has 0 heterocycles. The molecule has 4 nitrogen and oxygen atoms in total. The molecule has 2 rings (SSSR count). The molecule has 1 N–H and O–H groups in total. The zero-order chi connectivity index (χ0) is 13.7. The summed E-state index contributed by atoms with van der Waals surface area (Å²) in [6.45, 7) is -0.172. The molecule has 0 unspecified atom stereocenters. The van der Waals surface area contributed by atoms with Gasteiger partial charge < -0.3 is 10.1 Å². The first-order chi connectivity index (χ1) is 9.13. The lowest BCUT2D eigenvalue weighted by atomic mass is 10.00. The second-order valence-corrected chi connectivity index (χ2v) is 4.69. The van der Waals surface area contributed by atoms with Crippen molar-refractivity contribution < 1.29 is 13.9 Å². The van der Waals surface area contributed by atoms with E-state index in [-0.39, 0.29) is 18.3 Å². The molecule has 0 bridgehead atoms. The molecule has 1 aromatic rings. The van der Waals surface area contributed by atoms with E-state index in [4.69, 9.17) is 10.00 Å². The molecule has 100 valence electrons. The summed E-state index contributed by atoms with van der Waals surface area (Å²) in [6, 6.07) is 7.62. The Morgan fingerprint density at radius 1 is 1.37 bits per heavy atom. The van der Waals surface area contributed by atoms with Gasteiger partial charge in [0.2, 0.25) is 0 Å². The normalized spacial score (nSPS) is 16.6. The lowest BCUT2D eigenvalue weighted by Gasteiger charge is -2.21. The van der Waals surface area contributed by atoms with Gasteiger partial charge in [0.25, 0.3) is 5.91 Å². The van der Waals surface area contributed by atoms with E-state index in [0.29, 0.717) is 18.6 Å².